The number of para-hydroxylation sites is 2. The number of fused-ring (bicyclic) bond motifs is 4. The Balaban J connectivity index is 0.000000196. The van der Waals surface area contributed by atoms with Crippen molar-refractivity contribution in [3.8, 4) is 11.1 Å². The van der Waals surface area contributed by atoms with Crippen LogP contribution in [0.3, 0.4) is 0 Å². The van der Waals surface area contributed by atoms with Gasteiger partial charge in [-0.1, -0.05) is 233 Å². The Labute approximate surface area is 423 Å². The van der Waals surface area contributed by atoms with Gasteiger partial charge in [-0.05, 0) is 144 Å². The predicted octanol–water partition coefficient (Wildman–Crippen LogP) is 19.8. The van der Waals surface area contributed by atoms with Crippen molar-refractivity contribution in [2.24, 2.45) is 0 Å². The summed E-state index contributed by atoms with van der Waals surface area (Å²) in [5.74, 6) is 0. The number of allylic oxidation sites excluding steroid dienone is 7. The fourth-order valence-electron chi connectivity index (χ4n) is 8.70. The second kappa shape index (κ2) is 24.7. The van der Waals surface area contributed by atoms with Gasteiger partial charge < -0.3 is 9.32 Å². The van der Waals surface area contributed by atoms with Crippen molar-refractivity contribution in [3.05, 3.63) is 294 Å². The molecular formula is C69H65NO. The lowest BCUT2D eigenvalue weighted by atomic mass is 9.97. The maximum Gasteiger partial charge on any atom is 0.135 e. The second-order valence-electron chi connectivity index (χ2n) is 17.3. The van der Waals surface area contributed by atoms with Gasteiger partial charge >= 0.3 is 0 Å². The van der Waals surface area contributed by atoms with E-state index in [0.717, 1.165) is 62.1 Å². The predicted molar refractivity (Wildman–Crippen MR) is 312 cm³/mol. The number of rotatable bonds is 8. The molecular weight excluding hydrogens is 859 g/mol. The molecule has 1 aliphatic rings. The van der Waals surface area contributed by atoms with Crippen molar-refractivity contribution in [1.82, 2.24) is 0 Å². The molecule has 0 fully saturated rings. The Kier molecular flexibility index (Phi) is 17.5. The molecule has 0 saturated heterocycles. The normalized spacial score (nSPS) is 13.4. The van der Waals surface area contributed by atoms with Gasteiger partial charge in [0.2, 0.25) is 0 Å². The van der Waals surface area contributed by atoms with Crippen molar-refractivity contribution < 1.29 is 4.42 Å². The number of benzene rings is 8. The van der Waals surface area contributed by atoms with Gasteiger partial charge in [-0.2, -0.15) is 0 Å². The summed E-state index contributed by atoms with van der Waals surface area (Å²) in [6.45, 7) is 24.6. The summed E-state index contributed by atoms with van der Waals surface area (Å²) in [6.07, 6.45) is 17.6. The monoisotopic (exact) mass is 924 g/mol. The summed E-state index contributed by atoms with van der Waals surface area (Å²) in [5.41, 5.74) is 20.7. The molecule has 8 aromatic carbocycles. The first kappa shape index (κ1) is 50.4. The van der Waals surface area contributed by atoms with E-state index >= 15 is 0 Å². The molecule has 2 heteroatoms. The highest BCUT2D eigenvalue weighted by Gasteiger charge is 2.19. The van der Waals surface area contributed by atoms with Crippen LogP contribution in [0.15, 0.2) is 248 Å². The highest BCUT2D eigenvalue weighted by atomic mass is 16.3. The molecule has 10 rings (SSSR count). The Morgan fingerprint density at radius 2 is 1.25 bits per heavy atom. The van der Waals surface area contributed by atoms with Crippen LogP contribution in [0, 0.1) is 20.8 Å². The summed E-state index contributed by atoms with van der Waals surface area (Å²) in [6, 6.07) is 65.7. The molecule has 352 valence electrons. The molecule has 1 aliphatic heterocycles. The fraction of sp³-hybridized carbons (Fsp3) is 0.101. The van der Waals surface area contributed by atoms with Crippen molar-refractivity contribution in [3.63, 3.8) is 0 Å². The average molecular weight is 924 g/mol. The van der Waals surface area contributed by atoms with Crippen LogP contribution in [0.25, 0.3) is 62.4 Å². The average Bonchev–Trinajstić information content (AvgIpc) is 3.81. The summed E-state index contributed by atoms with van der Waals surface area (Å²) in [4.78, 5) is 2.27. The zero-order valence-electron chi connectivity index (χ0n) is 42.2. The number of nitrogens with zero attached hydrogens (tertiary/aromatic N) is 1. The van der Waals surface area contributed by atoms with E-state index in [1.54, 1.807) is 0 Å². The van der Waals surface area contributed by atoms with E-state index in [0.29, 0.717) is 0 Å². The molecule has 0 unspecified atom stereocenters. The molecule has 0 saturated carbocycles. The van der Waals surface area contributed by atoms with Gasteiger partial charge in [-0.3, -0.25) is 0 Å². The fourth-order valence-corrected chi connectivity index (χ4v) is 8.70. The van der Waals surface area contributed by atoms with E-state index < -0.39 is 0 Å². The van der Waals surface area contributed by atoms with Crippen LogP contribution in [0.2, 0.25) is 0 Å². The van der Waals surface area contributed by atoms with E-state index in [2.05, 4.69) is 234 Å². The summed E-state index contributed by atoms with van der Waals surface area (Å²) < 4.78 is 6.12. The summed E-state index contributed by atoms with van der Waals surface area (Å²) in [7, 11) is 0. The molecule has 0 spiro atoms. The van der Waals surface area contributed by atoms with Gasteiger partial charge in [0.05, 0.1) is 0 Å². The van der Waals surface area contributed by atoms with Crippen LogP contribution in [-0.2, 0) is 6.42 Å². The molecule has 0 bridgehead atoms. The zero-order valence-corrected chi connectivity index (χ0v) is 42.2. The van der Waals surface area contributed by atoms with Gasteiger partial charge in [0.25, 0.3) is 0 Å². The minimum absolute atomic E-state index is 0.825. The van der Waals surface area contributed by atoms with Crippen LogP contribution in [0.5, 0.6) is 0 Å². The van der Waals surface area contributed by atoms with E-state index in [9.17, 15) is 0 Å². The van der Waals surface area contributed by atoms with E-state index in [1.165, 1.54) is 55.6 Å². The summed E-state index contributed by atoms with van der Waals surface area (Å²) >= 11 is 0. The minimum Gasteiger partial charge on any atom is -0.456 e. The van der Waals surface area contributed by atoms with Crippen LogP contribution >= 0.6 is 0 Å². The third kappa shape index (κ3) is 12.6. The summed E-state index contributed by atoms with van der Waals surface area (Å²) in [5, 5.41) is 2.22. The van der Waals surface area contributed by atoms with E-state index in [4.69, 9.17) is 4.42 Å². The van der Waals surface area contributed by atoms with Crippen molar-refractivity contribution >= 4 is 62.7 Å². The Bertz CT molecular complexity index is 3390. The molecule has 0 atom stereocenters. The molecule has 0 amide bonds. The molecule has 9 aromatic rings. The molecule has 2 heterocycles. The van der Waals surface area contributed by atoms with Crippen LogP contribution in [-0.4, -0.2) is 0 Å². The maximum absolute atomic E-state index is 6.12. The Morgan fingerprint density at radius 3 is 2.00 bits per heavy atom. The lowest BCUT2D eigenvalue weighted by molar-refractivity contribution is 0.669. The SMILES string of the molecule is C=C/C(=C\c1ccc(C)cc1C)c1ccccc1.C=C1/C=C(c2cccc(-c3ccc(C)cc3)c2)\C=C/Cc2ccccc2N1c1ccc2oc3ccccc3c2c1.C=Cc1ccccc1/C=C\C.CC. The Morgan fingerprint density at radius 1 is 0.577 bits per heavy atom. The zero-order chi connectivity index (χ0) is 50.1. The van der Waals surface area contributed by atoms with Crippen molar-refractivity contribution in [2.45, 2.75) is 48.0 Å². The largest absolute Gasteiger partial charge is 0.456 e. The van der Waals surface area contributed by atoms with Gasteiger partial charge in [0.1, 0.15) is 11.2 Å². The highest BCUT2D eigenvalue weighted by molar-refractivity contribution is 6.06. The second-order valence-corrected chi connectivity index (χ2v) is 17.3. The molecule has 71 heavy (non-hydrogen) atoms. The first-order valence-corrected chi connectivity index (χ1v) is 24.6. The molecule has 0 aliphatic carbocycles. The molecule has 1 aromatic heterocycles. The minimum atomic E-state index is 0.825. The van der Waals surface area contributed by atoms with Gasteiger partial charge in [-0.15, -0.1) is 0 Å². The topological polar surface area (TPSA) is 16.4 Å². The quantitative estimate of drug-likeness (QED) is 0.112. The standard InChI is InChI=1S/C38H29NO.C18H18.C11H12.C2H6/c1-26-17-19-28(20-18-26)31-12-8-13-32(24-31)30-11-7-10-29-9-3-5-15-36(29)39(27(2)23-30)33-21-22-38-35(25-33)34-14-4-6-16-37(34)40-38;1-4-16(17-8-6-5-7-9-17)13-18-11-10-14(2)12-15(18)3;1-3-7-11-9-6-5-8-10(11)4-2;1-2/h3-9,11-25H,2,10H2,1H3;4-13H,1H2,2-3H3;3-9H,2H2,1H3;1-2H3/b11-7-,30-23+;16-13+;7-3-;. The van der Waals surface area contributed by atoms with Gasteiger partial charge in [0.15, 0.2) is 0 Å². The number of furan rings is 1. The van der Waals surface area contributed by atoms with Crippen LogP contribution in [0.1, 0.15) is 70.8 Å². The van der Waals surface area contributed by atoms with E-state index in [1.807, 2.05) is 69.3 Å². The lowest BCUT2D eigenvalue weighted by Crippen LogP contribution is -2.16. The number of hydrogen-bond donors (Lipinski definition) is 0. The van der Waals surface area contributed by atoms with Crippen LogP contribution in [0.4, 0.5) is 11.4 Å². The third-order valence-electron chi connectivity index (χ3n) is 12.3. The number of aryl methyl sites for hydroxylation is 3. The lowest BCUT2D eigenvalue weighted by Gasteiger charge is -2.28. The molecule has 0 radical (unpaired) electrons. The van der Waals surface area contributed by atoms with Crippen LogP contribution < -0.4 is 4.90 Å². The molecule has 2 nitrogen and oxygen atoms in total. The first-order valence-electron chi connectivity index (χ1n) is 24.6. The van der Waals surface area contributed by atoms with Crippen molar-refractivity contribution in [1.29, 1.82) is 0 Å². The van der Waals surface area contributed by atoms with Crippen molar-refractivity contribution in [2.75, 3.05) is 4.90 Å². The van der Waals surface area contributed by atoms with Gasteiger partial charge in [0, 0.05) is 27.8 Å². The first-order chi connectivity index (χ1) is 34.7. The van der Waals surface area contributed by atoms with Gasteiger partial charge in [-0.25, -0.2) is 0 Å². The Hall–Kier alpha value is -8.46. The van der Waals surface area contributed by atoms with E-state index in [-0.39, 0.29) is 0 Å². The third-order valence-corrected chi connectivity index (χ3v) is 12.3. The smallest absolute Gasteiger partial charge is 0.135 e. The maximum atomic E-state index is 6.12. The number of hydrogen-bond acceptors (Lipinski definition) is 2. The highest BCUT2D eigenvalue weighted by Crippen LogP contribution is 2.39. The molecule has 0 N–H and O–H groups in total. The number of anilines is 2.